The van der Waals surface area contributed by atoms with E-state index >= 15 is 0 Å². The topological polar surface area (TPSA) is 84.5 Å². The minimum Gasteiger partial charge on any atom is -0.311 e. The molecule has 82 valence electrons. The van der Waals surface area contributed by atoms with E-state index in [1.54, 1.807) is 13.8 Å². The Kier molecular flexibility index (Phi) is 2.87. The van der Waals surface area contributed by atoms with Crippen LogP contribution in [0.1, 0.15) is 26.7 Å². The maximum atomic E-state index is 11.5. The van der Waals surface area contributed by atoms with Crippen LogP contribution in [-0.4, -0.2) is 31.3 Å². The van der Waals surface area contributed by atoms with Crippen molar-refractivity contribution in [3.63, 3.8) is 0 Å². The highest BCUT2D eigenvalue weighted by Gasteiger charge is 2.37. The largest absolute Gasteiger partial charge is 0.311 e. The molecule has 0 aromatic rings. The number of hydrogen-bond acceptors (Lipinski definition) is 4. The monoisotopic (exact) mass is 219 g/mol. The summed E-state index contributed by atoms with van der Waals surface area (Å²) < 4.78 is 21.9. The summed E-state index contributed by atoms with van der Waals surface area (Å²) in [5.41, 5.74) is 2.39. The van der Waals surface area contributed by atoms with Gasteiger partial charge in [-0.25, -0.2) is 14.3 Å². The minimum absolute atomic E-state index is 0.252. The molecule has 1 saturated carbocycles. The van der Waals surface area contributed by atoms with Crippen molar-refractivity contribution in [1.29, 1.82) is 0 Å². The Morgan fingerprint density at radius 1 is 1.50 bits per heavy atom. The first-order valence-electron chi connectivity index (χ1n) is 4.53. The summed E-state index contributed by atoms with van der Waals surface area (Å²) in [6, 6.07) is 0.252. The summed E-state index contributed by atoms with van der Waals surface area (Å²) in [4.78, 5) is 4.25. The third kappa shape index (κ3) is 2.24. The molecule has 0 aromatic carbocycles. The van der Waals surface area contributed by atoms with Gasteiger partial charge in [-0.1, -0.05) is 0 Å². The fraction of sp³-hybridized carbons (Fsp3) is 0.875. The number of hydrazine groups is 1. The molecule has 0 bridgehead atoms. The van der Waals surface area contributed by atoms with Gasteiger partial charge in [0.05, 0.1) is 6.04 Å². The summed E-state index contributed by atoms with van der Waals surface area (Å²) in [5, 5.41) is 0. The van der Waals surface area contributed by atoms with E-state index in [-0.39, 0.29) is 6.04 Å². The van der Waals surface area contributed by atoms with Gasteiger partial charge in [-0.3, -0.25) is 4.99 Å². The molecule has 3 N–H and O–H groups in total. The predicted octanol–water partition coefficient (Wildman–Crippen LogP) is -0.166. The molecule has 1 fully saturated rings. The first kappa shape index (κ1) is 11.5. The van der Waals surface area contributed by atoms with Gasteiger partial charge in [-0.2, -0.15) is 0 Å². The molecule has 1 aliphatic carbocycles. The number of rotatable bonds is 3. The van der Waals surface area contributed by atoms with Crippen molar-refractivity contribution < 1.29 is 8.42 Å². The van der Waals surface area contributed by atoms with Crippen molar-refractivity contribution in [3.05, 3.63) is 0 Å². The van der Waals surface area contributed by atoms with Gasteiger partial charge >= 0.3 is 0 Å². The van der Waals surface area contributed by atoms with E-state index in [1.165, 1.54) is 6.26 Å². The molecular formula is C8H17N3O2S. The van der Waals surface area contributed by atoms with Gasteiger partial charge in [0, 0.05) is 6.26 Å². The summed E-state index contributed by atoms with van der Waals surface area (Å²) in [6.45, 7) is 3.20. The fourth-order valence-electron chi connectivity index (χ4n) is 0.928. The average Bonchev–Trinajstić information content (AvgIpc) is 2.80. The molecule has 1 rings (SSSR count). The zero-order valence-electron chi connectivity index (χ0n) is 8.74. The van der Waals surface area contributed by atoms with Crippen LogP contribution in [0, 0.1) is 0 Å². The molecule has 0 atom stereocenters. The average molecular weight is 219 g/mol. The zero-order chi connectivity index (χ0) is 11.0. The quantitative estimate of drug-likeness (QED) is 0.299. The lowest BCUT2D eigenvalue weighted by Crippen LogP contribution is -2.50. The van der Waals surface area contributed by atoms with Crippen molar-refractivity contribution in [2.45, 2.75) is 37.5 Å². The van der Waals surface area contributed by atoms with Gasteiger partial charge in [-0.05, 0) is 26.7 Å². The molecule has 14 heavy (non-hydrogen) atoms. The number of nitrogens with one attached hydrogen (secondary N) is 1. The smallest absolute Gasteiger partial charge is 0.159 e. The Balaban J connectivity index is 2.98. The molecule has 1 aliphatic rings. The van der Waals surface area contributed by atoms with Gasteiger partial charge in [0.25, 0.3) is 0 Å². The SMILES string of the molecule is CC(C)(C(=NC1CC1)NN)S(C)(=O)=O. The van der Waals surface area contributed by atoms with Crippen LogP contribution in [-0.2, 0) is 9.84 Å². The molecule has 6 heteroatoms. The minimum atomic E-state index is -3.20. The van der Waals surface area contributed by atoms with Crippen molar-refractivity contribution in [3.8, 4) is 0 Å². The molecule has 0 aliphatic heterocycles. The van der Waals surface area contributed by atoms with E-state index in [0.717, 1.165) is 12.8 Å². The summed E-state index contributed by atoms with van der Waals surface area (Å²) in [6.07, 6.45) is 3.23. The van der Waals surface area contributed by atoms with Crippen LogP contribution in [0.3, 0.4) is 0 Å². The highest BCUT2D eigenvalue weighted by molar-refractivity contribution is 7.92. The summed E-state index contributed by atoms with van der Waals surface area (Å²) in [5.74, 6) is 5.64. The predicted molar refractivity (Wildman–Crippen MR) is 56.7 cm³/mol. The molecule has 0 saturated heterocycles. The Morgan fingerprint density at radius 3 is 2.29 bits per heavy atom. The molecule has 0 unspecified atom stereocenters. The standard InChI is InChI=1S/C8H17N3O2S/c1-8(2,14(3,12)13)7(11-9)10-6-4-5-6/h6H,4-5,9H2,1-3H3,(H,10,11). The van der Waals surface area contributed by atoms with Gasteiger partial charge in [-0.15, -0.1) is 0 Å². The van der Waals surface area contributed by atoms with E-state index in [2.05, 4.69) is 10.4 Å². The fourth-order valence-corrected chi connectivity index (χ4v) is 1.39. The van der Waals surface area contributed by atoms with Crippen molar-refractivity contribution in [1.82, 2.24) is 5.43 Å². The lowest BCUT2D eigenvalue weighted by Gasteiger charge is -2.24. The second-order valence-corrected chi connectivity index (χ2v) is 6.70. The van der Waals surface area contributed by atoms with Crippen LogP contribution in [0.25, 0.3) is 0 Å². The number of hydrogen-bond donors (Lipinski definition) is 2. The molecule has 0 spiro atoms. The summed E-state index contributed by atoms with van der Waals surface area (Å²) >= 11 is 0. The molecule has 5 nitrogen and oxygen atoms in total. The lowest BCUT2D eigenvalue weighted by molar-refractivity contribution is 0.580. The first-order valence-corrected chi connectivity index (χ1v) is 6.42. The lowest BCUT2D eigenvalue weighted by atomic mass is 10.2. The van der Waals surface area contributed by atoms with Crippen LogP contribution < -0.4 is 11.3 Å². The van der Waals surface area contributed by atoms with E-state index in [4.69, 9.17) is 5.84 Å². The maximum absolute atomic E-state index is 11.5. The first-order chi connectivity index (χ1) is 6.29. The van der Waals surface area contributed by atoms with E-state index in [9.17, 15) is 8.42 Å². The van der Waals surface area contributed by atoms with Crippen LogP contribution >= 0.6 is 0 Å². The number of nitrogens with zero attached hydrogens (tertiary/aromatic N) is 1. The normalized spacial score (nSPS) is 19.6. The van der Waals surface area contributed by atoms with Crippen LogP contribution in [0.4, 0.5) is 0 Å². The molecule has 0 amide bonds. The third-order valence-corrected chi connectivity index (χ3v) is 4.54. The van der Waals surface area contributed by atoms with E-state index in [0.29, 0.717) is 5.84 Å². The maximum Gasteiger partial charge on any atom is 0.159 e. The molecule has 0 aromatic heterocycles. The van der Waals surface area contributed by atoms with Crippen molar-refractivity contribution in [2.24, 2.45) is 10.8 Å². The van der Waals surface area contributed by atoms with Gasteiger partial charge in [0.1, 0.15) is 10.6 Å². The summed E-state index contributed by atoms with van der Waals surface area (Å²) in [7, 11) is -3.20. The van der Waals surface area contributed by atoms with Gasteiger partial charge < -0.3 is 5.43 Å². The van der Waals surface area contributed by atoms with Crippen molar-refractivity contribution >= 4 is 15.7 Å². The van der Waals surface area contributed by atoms with E-state index < -0.39 is 14.6 Å². The van der Waals surface area contributed by atoms with Crippen LogP contribution in [0.15, 0.2) is 4.99 Å². The molecule has 0 heterocycles. The van der Waals surface area contributed by atoms with Gasteiger partial charge in [0.2, 0.25) is 0 Å². The number of nitrogens with two attached hydrogens (primary N) is 1. The second kappa shape index (κ2) is 3.51. The number of aliphatic imine (C=N–C) groups is 1. The second-order valence-electron chi connectivity index (χ2n) is 4.14. The highest BCUT2D eigenvalue weighted by Crippen LogP contribution is 2.26. The Bertz CT molecular complexity index is 342. The zero-order valence-corrected chi connectivity index (χ0v) is 9.56. The van der Waals surface area contributed by atoms with Gasteiger partial charge in [0.15, 0.2) is 9.84 Å². The van der Waals surface area contributed by atoms with Crippen molar-refractivity contribution in [2.75, 3.05) is 6.26 Å². The van der Waals surface area contributed by atoms with Crippen LogP contribution in [0.5, 0.6) is 0 Å². The van der Waals surface area contributed by atoms with Crippen LogP contribution in [0.2, 0.25) is 0 Å². The Labute approximate surface area is 84.7 Å². The third-order valence-electron chi connectivity index (χ3n) is 2.49. The highest BCUT2D eigenvalue weighted by atomic mass is 32.2. The number of amidine groups is 1. The molecule has 0 radical (unpaired) electrons. The molecular weight excluding hydrogens is 202 g/mol. The number of sulfone groups is 1. The Hall–Kier alpha value is -0.620. The Morgan fingerprint density at radius 2 is 2.00 bits per heavy atom. The van der Waals surface area contributed by atoms with E-state index in [1.807, 2.05) is 0 Å².